The van der Waals surface area contributed by atoms with Crippen molar-refractivity contribution in [3.63, 3.8) is 0 Å². The van der Waals surface area contributed by atoms with Crippen LogP contribution in [0.4, 0.5) is 11.5 Å². The molecule has 0 atom stereocenters. The number of carbonyl (C=O) groups is 1. The number of hydrogen-bond acceptors (Lipinski definition) is 8. The number of nitrogens with one attached hydrogen (secondary N) is 2. The summed E-state index contributed by atoms with van der Waals surface area (Å²) < 4.78 is 10.3. The van der Waals surface area contributed by atoms with E-state index < -0.39 is 0 Å². The van der Waals surface area contributed by atoms with Crippen LogP contribution in [0.3, 0.4) is 0 Å². The third kappa shape index (κ3) is 7.23. The summed E-state index contributed by atoms with van der Waals surface area (Å²) >= 11 is 0. The van der Waals surface area contributed by atoms with E-state index >= 15 is 0 Å². The van der Waals surface area contributed by atoms with Crippen molar-refractivity contribution in [1.29, 1.82) is 0 Å². The van der Waals surface area contributed by atoms with Crippen molar-refractivity contribution in [1.82, 2.24) is 15.1 Å². The third-order valence-corrected chi connectivity index (χ3v) is 3.54. The number of aromatic nitrogens is 2. The Bertz CT molecular complexity index is 568. The highest BCUT2D eigenvalue weighted by Gasteiger charge is 2.17. The van der Waals surface area contributed by atoms with Crippen LogP contribution in [0.1, 0.15) is 33.4 Å². The lowest BCUT2D eigenvalue weighted by molar-refractivity contribution is -0.140. The van der Waals surface area contributed by atoms with Gasteiger partial charge in [-0.15, -0.1) is 5.10 Å². The molecule has 0 saturated carbocycles. The molecule has 2 N–H and O–H groups in total. The minimum atomic E-state index is -0.290. The molecule has 0 aliphatic carbocycles. The first-order valence-electron chi connectivity index (χ1n) is 8.65. The molecule has 1 aliphatic heterocycles. The Labute approximate surface area is 149 Å². The average Bonchev–Trinajstić information content (AvgIpc) is 2.52. The summed E-state index contributed by atoms with van der Waals surface area (Å²) in [6, 6.07) is 2.03. The van der Waals surface area contributed by atoms with Gasteiger partial charge < -0.3 is 20.1 Å². The first-order chi connectivity index (χ1) is 11.8. The average molecular weight is 351 g/mol. The lowest BCUT2D eigenvalue weighted by atomic mass is 10.1. The maximum Gasteiger partial charge on any atom is 0.302 e. The van der Waals surface area contributed by atoms with Crippen molar-refractivity contribution in [3.05, 3.63) is 11.8 Å². The van der Waals surface area contributed by atoms with Gasteiger partial charge in [0.05, 0.1) is 31.1 Å². The molecule has 0 unspecified atom stereocenters. The molecule has 0 spiro atoms. The topological polar surface area (TPSA) is 88.6 Å². The Balaban J connectivity index is 2.04. The van der Waals surface area contributed by atoms with E-state index in [9.17, 15) is 4.79 Å². The Morgan fingerprint density at radius 2 is 2.04 bits per heavy atom. The second kappa shape index (κ2) is 8.96. The molecule has 1 aromatic heterocycles. The van der Waals surface area contributed by atoms with Gasteiger partial charge in [0.2, 0.25) is 0 Å². The van der Waals surface area contributed by atoms with Crippen LogP contribution in [0.25, 0.3) is 0 Å². The molecule has 2 heterocycles. The lowest BCUT2D eigenvalue weighted by Gasteiger charge is -2.27. The van der Waals surface area contributed by atoms with Gasteiger partial charge in [-0.1, -0.05) is 0 Å². The number of hydrogen-bond donors (Lipinski definition) is 2. The molecule has 1 aromatic rings. The van der Waals surface area contributed by atoms with E-state index in [2.05, 4.69) is 46.5 Å². The molecule has 0 bridgehead atoms. The zero-order chi connectivity index (χ0) is 18.3. The van der Waals surface area contributed by atoms with Crippen LogP contribution in [-0.4, -0.2) is 66.1 Å². The van der Waals surface area contributed by atoms with Crippen molar-refractivity contribution in [2.45, 2.75) is 39.8 Å². The fourth-order valence-electron chi connectivity index (χ4n) is 2.49. The monoisotopic (exact) mass is 351 g/mol. The van der Waals surface area contributed by atoms with E-state index in [1.165, 1.54) is 6.92 Å². The molecule has 8 nitrogen and oxygen atoms in total. The van der Waals surface area contributed by atoms with Gasteiger partial charge in [-0.2, -0.15) is 5.10 Å². The number of carbonyl (C=O) groups excluding carboxylic acids is 1. The minimum absolute atomic E-state index is 0.106. The van der Waals surface area contributed by atoms with Crippen LogP contribution in [-0.2, 0) is 20.8 Å². The summed E-state index contributed by atoms with van der Waals surface area (Å²) in [5.74, 6) is 0.370. The lowest BCUT2D eigenvalue weighted by Crippen LogP contribution is -2.36. The van der Waals surface area contributed by atoms with Gasteiger partial charge in [0.25, 0.3) is 0 Å². The highest BCUT2D eigenvalue weighted by Crippen LogP contribution is 2.23. The van der Waals surface area contributed by atoms with Crippen molar-refractivity contribution < 1.29 is 14.3 Å². The molecule has 1 aliphatic rings. The molecule has 0 aromatic carbocycles. The van der Waals surface area contributed by atoms with E-state index in [-0.39, 0.29) is 11.5 Å². The second-order valence-corrected chi connectivity index (χ2v) is 7.13. The molecule has 25 heavy (non-hydrogen) atoms. The van der Waals surface area contributed by atoms with Crippen molar-refractivity contribution in [2.75, 3.05) is 50.1 Å². The van der Waals surface area contributed by atoms with Gasteiger partial charge in [-0.3, -0.25) is 9.69 Å². The summed E-state index contributed by atoms with van der Waals surface area (Å²) in [7, 11) is 0. The standard InChI is InChI=1S/C17H29N5O3/c1-13(23)25-8-5-18-16-15(19-17(2,3)4)11-14(20-21-16)12-22-6-9-24-10-7-22/h11H,5-10,12H2,1-4H3,(H,18,21)(H,19,20). The predicted octanol–water partition coefficient (Wildman–Crippen LogP) is 1.49. The van der Waals surface area contributed by atoms with Crippen LogP contribution in [0.2, 0.25) is 0 Å². The van der Waals surface area contributed by atoms with E-state index in [4.69, 9.17) is 9.47 Å². The number of nitrogens with zero attached hydrogens (tertiary/aromatic N) is 3. The van der Waals surface area contributed by atoms with Gasteiger partial charge in [0.15, 0.2) is 5.82 Å². The fraction of sp³-hybridized carbons (Fsp3) is 0.706. The van der Waals surface area contributed by atoms with Crippen LogP contribution in [0, 0.1) is 0 Å². The van der Waals surface area contributed by atoms with Crippen molar-refractivity contribution in [3.8, 4) is 0 Å². The number of esters is 1. The van der Waals surface area contributed by atoms with Crippen molar-refractivity contribution in [2.24, 2.45) is 0 Å². The quantitative estimate of drug-likeness (QED) is 0.564. The molecular formula is C17H29N5O3. The first-order valence-corrected chi connectivity index (χ1v) is 8.65. The largest absolute Gasteiger partial charge is 0.464 e. The number of anilines is 2. The van der Waals surface area contributed by atoms with Gasteiger partial charge in [0.1, 0.15) is 6.61 Å². The SMILES string of the molecule is CC(=O)OCCNc1nnc(CN2CCOCC2)cc1NC(C)(C)C. The molecule has 1 fully saturated rings. The Morgan fingerprint density at radius 1 is 1.32 bits per heavy atom. The number of rotatable bonds is 7. The van der Waals surface area contributed by atoms with E-state index in [1.54, 1.807) is 0 Å². The molecule has 140 valence electrons. The van der Waals surface area contributed by atoms with Crippen LogP contribution < -0.4 is 10.6 Å². The zero-order valence-corrected chi connectivity index (χ0v) is 15.6. The van der Waals surface area contributed by atoms with Gasteiger partial charge in [0, 0.05) is 32.1 Å². The maximum absolute atomic E-state index is 10.8. The van der Waals surface area contributed by atoms with Crippen molar-refractivity contribution >= 4 is 17.5 Å². The van der Waals surface area contributed by atoms with Crippen LogP contribution in [0.5, 0.6) is 0 Å². The summed E-state index contributed by atoms with van der Waals surface area (Å²) in [5.41, 5.74) is 1.71. The highest BCUT2D eigenvalue weighted by molar-refractivity contribution is 5.66. The smallest absolute Gasteiger partial charge is 0.302 e. The molecule has 1 saturated heterocycles. The van der Waals surface area contributed by atoms with Crippen LogP contribution >= 0.6 is 0 Å². The van der Waals surface area contributed by atoms with E-state index in [1.807, 2.05) is 6.07 Å². The fourth-order valence-corrected chi connectivity index (χ4v) is 2.49. The predicted molar refractivity (Wildman–Crippen MR) is 96.6 cm³/mol. The summed E-state index contributed by atoms with van der Waals surface area (Å²) in [6.07, 6.45) is 0. The molecule has 0 radical (unpaired) electrons. The van der Waals surface area contributed by atoms with E-state index in [0.717, 1.165) is 44.2 Å². The first kappa shape index (κ1) is 19.4. The molecule has 2 rings (SSSR count). The third-order valence-electron chi connectivity index (χ3n) is 3.54. The summed E-state index contributed by atoms with van der Waals surface area (Å²) in [5, 5.41) is 15.3. The second-order valence-electron chi connectivity index (χ2n) is 7.13. The molecule has 8 heteroatoms. The Kier molecular flexibility index (Phi) is 6.95. The highest BCUT2D eigenvalue weighted by atomic mass is 16.5. The Morgan fingerprint density at radius 3 is 2.68 bits per heavy atom. The van der Waals surface area contributed by atoms with E-state index in [0.29, 0.717) is 19.0 Å². The Hall–Kier alpha value is -1.93. The molecule has 0 amide bonds. The van der Waals surface area contributed by atoms with Gasteiger partial charge in [-0.25, -0.2) is 0 Å². The normalized spacial score (nSPS) is 15.7. The number of morpholine rings is 1. The summed E-state index contributed by atoms with van der Waals surface area (Å²) in [6.45, 7) is 12.5. The maximum atomic E-state index is 10.8. The summed E-state index contributed by atoms with van der Waals surface area (Å²) in [4.78, 5) is 13.1. The number of ether oxygens (including phenoxy) is 2. The minimum Gasteiger partial charge on any atom is -0.464 e. The van der Waals surface area contributed by atoms with Gasteiger partial charge >= 0.3 is 5.97 Å². The van der Waals surface area contributed by atoms with Gasteiger partial charge in [-0.05, 0) is 26.8 Å². The molecular weight excluding hydrogens is 322 g/mol. The zero-order valence-electron chi connectivity index (χ0n) is 15.6. The van der Waals surface area contributed by atoms with Crippen LogP contribution in [0.15, 0.2) is 6.07 Å².